The first-order valence-corrected chi connectivity index (χ1v) is 11.3. The maximum Gasteiger partial charge on any atom is 0.295 e. The van der Waals surface area contributed by atoms with Crippen LogP contribution in [0.1, 0.15) is 42.3 Å². The van der Waals surface area contributed by atoms with Gasteiger partial charge in [-0.2, -0.15) is 0 Å². The van der Waals surface area contributed by atoms with Gasteiger partial charge in [0.2, 0.25) is 0 Å². The first-order chi connectivity index (χ1) is 14.8. The third kappa shape index (κ3) is 4.99. The number of rotatable bonds is 9. The van der Waals surface area contributed by atoms with E-state index < -0.39 is 17.7 Å². The zero-order valence-corrected chi connectivity index (χ0v) is 19.2. The van der Waals surface area contributed by atoms with Crippen LogP contribution in [0.15, 0.2) is 41.3 Å². The van der Waals surface area contributed by atoms with Crippen LogP contribution in [0.3, 0.4) is 0 Å². The number of benzene rings is 1. The number of nitrogens with zero attached hydrogens (tertiary/aromatic N) is 1. The van der Waals surface area contributed by atoms with Crippen molar-refractivity contribution in [1.82, 2.24) is 4.90 Å². The highest BCUT2D eigenvalue weighted by atomic mass is 32.1. The molecule has 1 atom stereocenters. The number of thiophene rings is 1. The smallest absolute Gasteiger partial charge is 0.295 e. The van der Waals surface area contributed by atoms with E-state index in [1.807, 2.05) is 30.5 Å². The SMILES string of the molecule is COCCCN1C(=O)C(=O)C(=C(O)c2ccc(OCC(C)C)cc2C)[C@H]1c1cccs1. The lowest BCUT2D eigenvalue weighted by atomic mass is 9.97. The fourth-order valence-electron chi connectivity index (χ4n) is 3.63. The number of ketones is 1. The molecule has 0 radical (unpaired) electrons. The van der Waals surface area contributed by atoms with E-state index >= 15 is 0 Å². The van der Waals surface area contributed by atoms with Crippen LogP contribution in [0.5, 0.6) is 5.75 Å². The summed E-state index contributed by atoms with van der Waals surface area (Å²) in [7, 11) is 1.60. The third-order valence-electron chi connectivity index (χ3n) is 5.14. The van der Waals surface area contributed by atoms with Crippen LogP contribution in [-0.2, 0) is 14.3 Å². The molecule has 1 aliphatic rings. The third-order valence-corrected chi connectivity index (χ3v) is 6.06. The Kier molecular flexibility index (Phi) is 7.51. The van der Waals surface area contributed by atoms with Gasteiger partial charge in [0.25, 0.3) is 11.7 Å². The molecule has 1 fully saturated rings. The summed E-state index contributed by atoms with van der Waals surface area (Å²) in [6.07, 6.45) is 0.604. The predicted octanol–water partition coefficient (Wildman–Crippen LogP) is 4.55. The minimum Gasteiger partial charge on any atom is -0.507 e. The number of aliphatic hydroxyl groups excluding tert-OH is 1. The van der Waals surface area contributed by atoms with E-state index in [0.29, 0.717) is 43.4 Å². The Morgan fingerprint density at radius 2 is 2.03 bits per heavy atom. The second kappa shape index (κ2) is 10.1. The van der Waals surface area contributed by atoms with Gasteiger partial charge in [-0.3, -0.25) is 9.59 Å². The molecule has 1 aromatic heterocycles. The molecule has 7 heteroatoms. The van der Waals surface area contributed by atoms with Gasteiger partial charge >= 0.3 is 0 Å². The minimum absolute atomic E-state index is 0.129. The Labute approximate surface area is 187 Å². The zero-order valence-electron chi connectivity index (χ0n) is 18.4. The Morgan fingerprint density at radius 3 is 2.65 bits per heavy atom. The Balaban J connectivity index is 2.01. The Hall–Kier alpha value is -2.64. The van der Waals surface area contributed by atoms with Gasteiger partial charge in [0.1, 0.15) is 11.5 Å². The van der Waals surface area contributed by atoms with Crippen molar-refractivity contribution in [3.8, 4) is 5.75 Å². The lowest BCUT2D eigenvalue weighted by Gasteiger charge is -2.24. The van der Waals surface area contributed by atoms with E-state index in [2.05, 4.69) is 13.8 Å². The quantitative estimate of drug-likeness (QED) is 0.266. The second-order valence-electron chi connectivity index (χ2n) is 8.04. The maximum absolute atomic E-state index is 13.0. The largest absolute Gasteiger partial charge is 0.507 e. The van der Waals surface area contributed by atoms with Crippen LogP contribution in [0.4, 0.5) is 0 Å². The van der Waals surface area contributed by atoms with Gasteiger partial charge in [0.05, 0.1) is 18.2 Å². The summed E-state index contributed by atoms with van der Waals surface area (Å²) in [5.74, 6) is -0.303. The molecule has 31 heavy (non-hydrogen) atoms. The highest BCUT2D eigenvalue weighted by Gasteiger charge is 2.46. The van der Waals surface area contributed by atoms with E-state index in [1.54, 1.807) is 19.2 Å². The summed E-state index contributed by atoms with van der Waals surface area (Å²) in [6.45, 7) is 7.45. The molecule has 2 heterocycles. The van der Waals surface area contributed by atoms with E-state index in [9.17, 15) is 14.7 Å². The molecular weight excluding hydrogens is 414 g/mol. The number of amides is 1. The van der Waals surface area contributed by atoms with Crippen molar-refractivity contribution < 1.29 is 24.2 Å². The molecule has 1 aromatic carbocycles. The molecule has 166 valence electrons. The molecule has 0 spiro atoms. The number of Topliss-reactive ketones (excluding diaryl/α,β-unsaturated/α-hetero) is 1. The zero-order chi connectivity index (χ0) is 22.5. The van der Waals surface area contributed by atoms with Crippen molar-refractivity contribution in [2.24, 2.45) is 5.92 Å². The number of ether oxygens (including phenoxy) is 2. The predicted molar refractivity (Wildman–Crippen MR) is 121 cm³/mol. The van der Waals surface area contributed by atoms with Crippen molar-refractivity contribution in [1.29, 1.82) is 0 Å². The van der Waals surface area contributed by atoms with Crippen molar-refractivity contribution in [2.75, 3.05) is 26.9 Å². The van der Waals surface area contributed by atoms with E-state index in [0.717, 1.165) is 10.4 Å². The van der Waals surface area contributed by atoms with Gasteiger partial charge in [-0.05, 0) is 54.5 Å². The van der Waals surface area contributed by atoms with Gasteiger partial charge in [-0.25, -0.2) is 0 Å². The van der Waals surface area contributed by atoms with Crippen molar-refractivity contribution in [2.45, 2.75) is 33.2 Å². The highest BCUT2D eigenvalue weighted by Crippen LogP contribution is 2.41. The minimum atomic E-state index is -0.659. The topological polar surface area (TPSA) is 76.1 Å². The number of hydrogen-bond donors (Lipinski definition) is 1. The molecule has 0 bridgehead atoms. The first-order valence-electron chi connectivity index (χ1n) is 10.4. The van der Waals surface area contributed by atoms with Gasteiger partial charge in [-0.1, -0.05) is 19.9 Å². The monoisotopic (exact) mass is 443 g/mol. The van der Waals surface area contributed by atoms with Crippen LogP contribution < -0.4 is 4.74 Å². The summed E-state index contributed by atoms with van der Waals surface area (Å²) in [5.41, 5.74) is 1.42. The molecule has 0 aliphatic carbocycles. The van der Waals surface area contributed by atoms with Crippen molar-refractivity contribution in [3.05, 3.63) is 57.3 Å². The molecule has 2 aromatic rings. The molecule has 0 saturated carbocycles. The average Bonchev–Trinajstić information content (AvgIpc) is 3.34. The molecule has 1 saturated heterocycles. The van der Waals surface area contributed by atoms with Gasteiger partial charge < -0.3 is 19.5 Å². The summed E-state index contributed by atoms with van der Waals surface area (Å²) in [6, 6.07) is 8.51. The number of likely N-dealkylation sites (tertiary alicyclic amines) is 1. The van der Waals surface area contributed by atoms with Crippen LogP contribution in [0, 0.1) is 12.8 Å². The molecular formula is C24H29NO5S. The number of aryl methyl sites for hydroxylation is 1. The lowest BCUT2D eigenvalue weighted by molar-refractivity contribution is -0.140. The highest BCUT2D eigenvalue weighted by molar-refractivity contribution is 7.10. The summed E-state index contributed by atoms with van der Waals surface area (Å²) < 4.78 is 10.9. The molecule has 0 unspecified atom stereocenters. The average molecular weight is 444 g/mol. The number of hydrogen-bond acceptors (Lipinski definition) is 6. The van der Waals surface area contributed by atoms with Crippen LogP contribution in [-0.4, -0.2) is 48.6 Å². The maximum atomic E-state index is 13.0. The summed E-state index contributed by atoms with van der Waals surface area (Å²) in [4.78, 5) is 28.2. The normalized spacial score (nSPS) is 18.2. The van der Waals surface area contributed by atoms with Gasteiger partial charge in [0.15, 0.2) is 0 Å². The molecule has 1 aliphatic heterocycles. The van der Waals surface area contributed by atoms with Gasteiger partial charge in [0, 0.05) is 30.7 Å². The Morgan fingerprint density at radius 1 is 1.26 bits per heavy atom. The number of carbonyl (C=O) groups is 2. The fraction of sp³-hybridized carbons (Fsp3) is 0.417. The molecule has 3 rings (SSSR count). The summed E-state index contributed by atoms with van der Waals surface area (Å²) in [5, 5.41) is 13.1. The van der Waals surface area contributed by atoms with Crippen LogP contribution >= 0.6 is 11.3 Å². The lowest BCUT2D eigenvalue weighted by Crippen LogP contribution is -2.31. The first kappa shape index (κ1) is 23.0. The number of methoxy groups -OCH3 is 1. The molecule has 1 N–H and O–H groups in total. The number of aliphatic hydroxyl groups is 1. The molecule has 1 amide bonds. The van der Waals surface area contributed by atoms with E-state index in [1.165, 1.54) is 16.2 Å². The van der Waals surface area contributed by atoms with Crippen LogP contribution in [0.2, 0.25) is 0 Å². The van der Waals surface area contributed by atoms with Gasteiger partial charge in [-0.15, -0.1) is 11.3 Å². The summed E-state index contributed by atoms with van der Waals surface area (Å²) >= 11 is 1.46. The van der Waals surface area contributed by atoms with E-state index in [4.69, 9.17) is 9.47 Å². The van der Waals surface area contributed by atoms with Crippen LogP contribution in [0.25, 0.3) is 5.76 Å². The molecule has 6 nitrogen and oxygen atoms in total. The van der Waals surface area contributed by atoms with Crippen molar-refractivity contribution in [3.63, 3.8) is 0 Å². The Bertz CT molecular complexity index is 964. The van der Waals surface area contributed by atoms with Crippen molar-refractivity contribution >= 4 is 28.8 Å². The number of carbonyl (C=O) groups excluding carboxylic acids is 2. The second-order valence-corrected chi connectivity index (χ2v) is 9.02. The fourth-order valence-corrected chi connectivity index (χ4v) is 4.48. The standard InChI is InChI=1S/C24H29NO5S/c1-15(2)14-30-17-8-9-18(16(3)13-17)22(26)20-21(19-7-5-12-31-19)25(10-6-11-29-4)24(28)23(20)27/h5,7-9,12-13,15,21,26H,6,10-11,14H2,1-4H3/t21-/m1/s1. The van der Waals surface area contributed by atoms with E-state index in [-0.39, 0.29) is 11.3 Å².